The maximum absolute atomic E-state index is 10.5. The Hall–Kier alpha value is -2.33. The normalized spacial score (nSPS) is 26.6. The minimum absolute atomic E-state index is 0.167. The molecule has 2 aliphatic carbocycles. The Labute approximate surface area is 178 Å². The van der Waals surface area contributed by atoms with E-state index >= 15 is 0 Å². The van der Waals surface area contributed by atoms with Crippen LogP contribution in [0.4, 0.5) is 11.8 Å². The average Bonchev–Trinajstić information content (AvgIpc) is 3.27. The quantitative estimate of drug-likeness (QED) is 0.406. The number of rotatable bonds is 6. The summed E-state index contributed by atoms with van der Waals surface area (Å²) in [6, 6.07) is 7.91. The van der Waals surface area contributed by atoms with Crippen molar-refractivity contribution in [1.82, 2.24) is 15.0 Å². The van der Waals surface area contributed by atoms with E-state index in [2.05, 4.69) is 15.6 Å². The Morgan fingerprint density at radius 1 is 1.07 bits per heavy atom. The zero-order valence-corrected chi connectivity index (χ0v) is 17.2. The van der Waals surface area contributed by atoms with Crippen LogP contribution in [0.2, 0.25) is 0 Å². The summed E-state index contributed by atoms with van der Waals surface area (Å²) in [6.07, 6.45) is 3.69. The lowest BCUT2D eigenvalue weighted by atomic mass is 9.93. The van der Waals surface area contributed by atoms with Crippen LogP contribution in [0.3, 0.4) is 0 Å². The topological polar surface area (TPSA) is 123 Å². The summed E-state index contributed by atoms with van der Waals surface area (Å²) in [7, 11) is 0. The number of benzene rings is 1. The third kappa shape index (κ3) is 3.62. The first-order valence-electron chi connectivity index (χ1n) is 10.4. The lowest BCUT2D eigenvalue weighted by molar-refractivity contribution is 0.00446. The van der Waals surface area contributed by atoms with E-state index in [0.29, 0.717) is 24.2 Å². The molecule has 8 nitrogen and oxygen atoms in total. The number of para-hydroxylation sites is 1. The van der Waals surface area contributed by atoms with Crippen molar-refractivity contribution in [3.05, 3.63) is 30.5 Å². The van der Waals surface area contributed by atoms with Crippen LogP contribution in [-0.2, 0) is 0 Å². The van der Waals surface area contributed by atoms with E-state index in [0.717, 1.165) is 33.6 Å². The van der Waals surface area contributed by atoms with E-state index in [-0.39, 0.29) is 12.5 Å². The molecular formula is C21H25N5O3S. The van der Waals surface area contributed by atoms with Gasteiger partial charge in [0.15, 0.2) is 0 Å². The van der Waals surface area contributed by atoms with Crippen LogP contribution < -0.4 is 10.6 Å². The average molecular weight is 428 g/mol. The number of aliphatic hydroxyl groups is 3. The van der Waals surface area contributed by atoms with Gasteiger partial charge in [0.2, 0.25) is 5.95 Å². The van der Waals surface area contributed by atoms with Gasteiger partial charge in [0.1, 0.15) is 16.9 Å². The van der Waals surface area contributed by atoms with Crippen LogP contribution in [-0.4, -0.2) is 61.2 Å². The Morgan fingerprint density at radius 2 is 1.90 bits per heavy atom. The van der Waals surface area contributed by atoms with Gasteiger partial charge in [-0.15, -0.1) is 11.3 Å². The molecule has 5 N–H and O–H groups in total. The van der Waals surface area contributed by atoms with Crippen molar-refractivity contribution in [2.75, 3.05) is 17.2 Å². The van der Waals surface area contributed by atoms with Gasteiger partial charge < -0.3 is 26.0 Å². The molecule has 4 atom stereocenters. The van der Waals surface area contributed by atoms with Crippen molar-refractivity contribution in [3.63, 3.8) is 0 Å². The molecule has 2 aliphatic rings. The Bertz CT molecular complexity index is 1010. The third-order valence-corrected chi connectivity index (χ3v) is 7.18. The summed E-state index contributed by atoms with van der Waals surface area (Å²) in [6.45, 7) is -0.167. The number of aromatic nitrogens is 3. The highest BCUT2D eigenvalue weighted by Gasteiger charge is 2.41. The zero-order valence-electron chi connectivity index (χ0n) is 16.4. The second-order valence-corrected chi connectivity index (χ2v) is 9.16. The first-order valence-corrected chi connectivity index (χ1v) is 11.2. The molecular weight excluding hydrogens is 402 g/mol. The van der Waals surface area contributed by atoms with Gasteiger partial charge in [0.05, 0.1) is 27.9 Å². The van der Waals surface area contributed by atoms with Gasteiger partial charge in [0, 0.05) is 24.8 Å². The van der Waals surface area contributed by atoms with Crippen molar-refractivity contribution in [3.8, 4) is 10.6 Å². The maximum atomic E-state index is 10.5. The largest absolute Gasteiger partial charge is 0.396 e. The molecule has 0 aliphatic heterocycles. The van der Waals surface area contributed by atoms with Crippen molar-refractivity contribution in [2.24, 2.45) is 5.92 Å². The van der Waals surface area contributed by atoms with E-state index in [4.69, 9.17) is 9.97 Å². The summed E-state index contributed by atoms with van der Waals surface area (Å²) in [5.41, 5.74) is 1.67. The molecule has 2 saturated carbocycles. The minimum Gasteiger partial charge on any atom is -0.396 e. The van der Waals surface area contributed by atoms with Crippen molar-refractivity contribution in [2.45, 2.75) is 50.0 Å². The van der Waals surface area contributed by atoms with E-state index in [1.54, 1.807) is 17.5 Å². The van der Waals surface area contributed by atoms with Gasteiger partial charge in [0.25, 0.3) is 0 Å². The first-order chi connectivity index (χ1) is 14.6. The van der Waals surface area contributed by atoms with Gasteiger partial charge in [-0.1, -0.05) is 12.1 Å². The molecule has 1 aromatic carbocycles. The molecule has 3 aromatic rings. The molecule has 30 heavy (non-hydrogen) atoms. The maximum Gasteiger partial charge on any atom is 0.224 e. The molecule has 0 spiro atoms. The standard InChI is InChI=1S/C21H25N5O3S/c27-10-11-8-15(18(29)17(11)28)24-19-13(9-22-21(26-19)23-12-4-3-5-12)20-25-14-6-1-2-7-16(14)30-20/h1-2,6-7,9,11-12,15,17-18,27-29H,3-5,8,10H2,(H2,22,23,24,26)/t11-,15-,17-,18+/m1/s1. The second-order valence-electron chi connectivity index (χ2n) is 8.13. The molecule has 0 bridgehead atoms. The minimum atomic E-state index is -0.983. The summed E-state index contributed by atoms with van der Waals surface area (Å²) in [5, 5.41) is 37.6. The predicted octanol–water partition coefficient (Wildman–Crippen LogP) is 2.23. The predicted molar refractivity (Wildman–Crippen MR) is 117 cm³/mol. The van der Waals surface area contributed by atoms with E-state index < -0.39 is 18.2 Å². The van der Waals surface area contributed by atoms with Gasteiger partial charge in [-0.3, -0.25) is 0 Å². The molecule has 0 radical (unpaired) electrons. The Kier molecular flexibility index (Phi) is 5.28. The fourth-order valence-corrected chi connectivity index (χ4v) is 5.04. The highest BCUT2D eigenvalue weighted by molar-refractivity contribution is 7.21. The SMILES string of the molecule is OC[C@H]1C[C@@H](Nc2nc(NC3CCC3)ncc2-c2nc3ccccc3s2)[C@H](O)[C@@H]1O. The number of nitrogens with zero attached hydrogens (tertiary/aromatic N) is 3. The lowest BCUT2D eigenvalue weighted by Gasteiger charge is -2.27. The number of fused-ring (bicyclic) bond motifs is 1. The van der Waals surface area contributed by atoms with Crippen LogP contribution in [0.1, 0.15) is 25.7 Å². The zero-order chi connectivity index (χ0) is 20.7. The summed E-state index contributed by atoms with van der Waals surface area (Å²) in [5.74, 6) is 0.748. The number of hydrogen-bond donors (Lipinski definition) is 5. The van der Waals surface area contributed by atoms with Crippen molar-refractivity contribution >= 4 is 33.3 Å². The number of nitrogens with one attached hydrogen (secondary N) is 2. The molecule has 9 heteroatoms. The molecule has 5 rings (SSSR count). The second kappa shape index (κ2) is 8.07. The number of aliphatic hydroxyl groups excluding tert-OH is 3. The highest BCUT2D eigenvalue weighted by atomic mass is 32.1. The van der Waals surface area contributed by atoms with Gasteiger partial charge in [-0.25, -0.2) is 9.97 Å². The summed E-state index contributed by atoms with van der Waals surface area (Å²) >= 11 is 1.56. The monoisotopic (exact) mass is 427 g/mol. The van der Waals surface area contributed by atoms with E-state index in [1.165, 1.54) is 6.42 Å². The van der Waals surface area contributed by atoms with Gasteiger partial charge >= 0.3 is 0 Å². The first kappa shape index (κ1) is 19.6. The summed E-state index contributed by atoms with van der Waals surface area (Å²) in [4.78, 5) is 13.9. The smallest absolute Gasteiger partial charge is 0.224 e. The highest BCUT2D eigenvalue weighted by Crippen LogP contribution is 2.36. The third-order valence-electron chi connectivity index (χ3n) is 6.11. The fourth-order valence-electron chi connectivity index (χ4n) is 4.06. The van der Waals surface area contributed by atoms with E-state index in [9.17, 15) is 15.3 Å². The van der Waals surface area contributed by atoms with Crippen molar-refractivity contribution < 1.29 is 15.3 Å². The van der Waals surface area contributed by atoms with Crippen LogP contribution in [0, 0.1) is 5.92 Å². The molecule has 158 valence electrons. The van der Waals surface area contributed by atoms with Gasteiger partial charge in [-0.2, -0.15) is 4.98 Å². The molecule has 2 heterocycles. The number of hydrogen-bond acceptors (Lipinski definition) is 9. The van der Waals surface area contributed by atoms with Crippen molar-refractivity contribution in [1.29, 1.82) is 0 Å². The molecule has 2 fully saturated rings. The van der Waals surface area contributed by atoms with Crippen LogP contribution in [0.15, 0.2) is 30.5 Å². The van der Waals surface area contributed by atoms with Crippen LogP contribution in [0.5, 0.6) is 0 Å². The Morgan fingerprint density at radius 3 is 2.60 bits per heavy atom. The Balaban J connectivity index is 1.49. The van der Waals surface area contributed by atoms with Crippen LogP contribution >= 0.6 is 11.3 Å². The fraction of sp³-hybridized carbons (Fsp3) is 0.476. The van der Waals surface area contributed by atoms with Gasteiger partial charge in [-0.05, 0) is 37.8 Å². The molecule has 0 unspecified atom stereocenters. The molecule has 0 amide bonds. The summed E-state index contributed by atoms with van der Waals surface area (Å²) < 4.78 is 1.08. The molecule has 0 saturated heterocycles. The number of thiazole rings is 1. The molecule has 2 aromatic heterocycles. The number of anilines is 2. The van der Waals surface area contributed by atoms with E-state index in [1.807, 2.05) is 24.3 Å². The van der Waals surface area contributed by atoms with Crippen LogP contribution in [0.25, 0.3) is 20.8 Å². The lowest BCUT2D eigenvalue weighted by Crippen LogP contribution is -2.36.